The maximum absolute atomic E-state index is 14.3. The largest absolute Gasteiger partial charge is 0.416 e. The van der Waals surface area contributed by atoms with Crippen LogP contribution >= 0.6 is 23.1 Å². The Labute approximate surface area is 268 Å². The lowest BCUT2D eigenvalue weighted by atomic mass is 10.0. The second kappa shape index (κ2) is 13.9. The molecule has 4 amide bonds. The highest BCUT2D eigenvalue weighted by Gasteiger charge is 2.43. The van der Waals surface area contributed by atoms with E-state index < -0.39 is 41.0 Å². The molecular formula is C30H37F3N6O4S2. The predicted octanol–water partition coefficient (Wildman–Crippen LogP) is 5.93. The zero-order valence-corrected chi connectivity index (χ0v) is 27.3. The van der Waals surface area contributed by atoms with Gasteiger partial charge in [-0.25, -0.2) is 15.6 Å². The third kappa shape index (κ3) is 7.69. The van der Waals surface area contributed by atoms with Crippen molar-refractivity contribution < 1.29 is 32.3 Å². The van der Waals surface area contributed by atoms with Gasteiger partial charge in [0.05, 0.1) is 16.5 Å². The Morgan fingerprint density at radius 1 is 1.11 bits per heavy atom. The number of carbonyl (C=O) groups is 4. The van der Waals surface area contributed by atoms with Crippen LogP contribution in [-0.4, -0.2) is 57.5 Å². The van der Waals surface area contributed by atoms with E-state index in [1.807, 2.05) is 19.3 Å². The molecule has 1 fully saturated rings. The van der Waals surface area contributed by atoms with E-state index in [1.165, 1.54) is 30.4 Å². The summed E-state index contributed by atoms with van der Waals surface area (Å²) in [5.74, 6) is 4.15. The Morgan fingerprint density at radius 3 is 2.27 bits per heavy atom. The SMILES string of the molecule is CC1=C(C(=O)N(C(=O)c2csc(N(CC(C)C)C3CC3)n2)[C@H](C=O)CC(C)C)SC(c2ccc(C(F)(F)F)cc2)N1C(=O)NN. The number of hydrogen-bond donors (Lipinski definition) is 2. The Hall–Kier alpha value is -3.43. The third-order valence-corrected chi connectivity index (χ3v) is 9.65. The number of hydrazine groups is 1. The highest BCUT2D eigenvalue weighted by molar-refractivity contribution is 8.04. The minimum atomic E-state index is -4.56. The molecule has 1 aromatic heterocycles. The lowest BCUT2D eigenvalue weighted by Gasteiger charge is -2.27. The lowest BCUT2D eigenvalue weighted by molar-refractivity contribution is -0.137. The molecule has 0 spiro atoms. The van der Waals surface area contributed by atoms with Crippen LogP contribution in [0.4, 0.5) is 23.1 Å². The van der Waals surface area contributed by atoms with Crippen LogP contribution in [0.2, 0.25) is 0 Å². The number of allylic oxidation sites excluding steroid dienone is 1. The van der Waals surface area contributed by atoms with E-state index in [0.717, 1.165) is 53.1 Å². The summed E-state index contributed by atoms with van der Waals surface area (Å²) in [6, 6.07) is 2.60. The van der Waals surface area contributed by atoms with Crippen molar-refractivity contribution in [3.05, 3.63) is 57.1 Å². The summed E-state index contributed by atoms with van der Waals surface area (Å²) in [6.07, 6.45) is -1.78. The third-order valence-electron chi connectivity index (χ3n) is 7.36. The average Bonchev–Trinajstić information content (AvgIpc) is 3.60. The van der Waals surface area contributed by atoms with Gasteiger partial charge in [0.25, 0.3) is 11.8 Å². The first-order chi connectivity index (χ1) is 21.2. The summed E-state index contributed by atoms with van der Waals surface area (Å²) in [4.78, 5) is 62.3. The standard InChI is InChI=1S/C30H37F3N6O4S2/c1-16(2)12-22(14-40)39(25(41)23-15-44-29(35-23)37(13-17(3)4)21-10-11-21)26(42)24-18(5)38(28(43)36-34)27(45-24)19-6-8-20(9-7-19)30(31,32)33/h6-9,14-17,21-22,27H,10-13,34H2,1-5H3,(H,36,43)/t22-,27?/m0/s1. The minimum Gasteiger partial charge on any atom is -0.345 e. The van der Waals surface area contributed by atoms with Crippen LogP contribution in [0, 0.1) is 11.8 Å². The number of amides is 4. The summed E-state index contributed by atoms with van der Waals surface area (Å²) in [6.45, 7) is 10.1. The van der Waals surface area contributed by atoms with Gasteiger partial charge in [-0.05, 0) is 55.7 Å². The van der Waals surface area contributed by atoms with Gasteiger partial charge in [0.2, 0.25) is 0 Å². The number of carbonyl (C=O) groups excluding carboxylic acids is 4. The van der Waals surface area contributed by atoms with Crippen LogP contribution in [0.5, 0.6) is 0 Å². The number of hydrogen-bond acceptors (Lipinski definition) is 9. The molecule has 15 heteroatoms. The molecule has 0 saturated heterocycles. The van der Waals surface area contributed by atoms with Crippen molar-refractivity contribution in [3.8, 4) is 0 Å². The molecule has 10 nitrogen and oxygen atoms in total. The van der Waals surface area contributed by atoms with Crippen molar-refractivity contribution in [2.24, 2.45) is 17.7 Å². The number of halogens is 3. The van der Waals surface area contributed by atoms with Gasteiger partial charge in [-0.3, -0.25) is 24.8 Å². The summed E-state index contributed by atoms with van der Waals surface area (Å²) < 4.78 is 39.6. The number of rotatable bonds is 11. The first-order valence-electron chi connectivity index (χ1n) is 14.6. The van der Waals surface area contributed by atoms with E-state index in [0.29, 0.717) is 28.9 Å². The molecule has 1 saturated carbocycles. The number of urea groups is 1. The Kier molecular flexibility index (Phi) is 10.6. The molecule has 2 heterocycles. The summed E-state index contributed by atoms with van der Waals surface area (Å²) in [7, 11) is 0. The van der Waals surface area contributed by atoms with E-state index in [2.05, 4.69) is 23.7 Å². The summed E-state index contributed by atoms with van der Waals surface area (Å²) >= 11 is 2.18. The number of aromatic nitrogens is 1. The number of imide groups is 1. The molecule has 4 rings (SSSR count). The molecule has 1 aliphatic heterocycles. The zero-order valence-electron chi connectivity index (χ0n) is 25.6. The number of thiazole rings is 1. The molecule has 0 radical (unpaired) electrons. The van der Waals surface area contributed by atoms with E-state index in [-0.39, 0.29) is 28.6 Å². The summed E-state index contributed by atoms with van der Waals surface area (Å²) in [5.41, 5.74) is 1.57. The molecular weight excluding hydrogens is 629 g/mol. The van der Waals surface area contributed by atoms with Gasteiger partial charge in [0.15, 0.2) is 5.13 Å². The van der Waals surface area contributed by atoms with E-state index in [4.69, 9.17) is 5.84 Å². The fourth-order valence-electron chi connectivity index (χ4n) is 5.11. The Morgan fingerprint density at radius 2 is 1.76 bits per heavy atom. The van der Waals surface area contributed by atoms with Gasteiger partial charge in [0.1, 0.15) is 17.4 Å². The number of nitrogens with two attached hydrogens (primary N) is 1. The van der Waals surface area contributed by atoms with Crippen molar-refractivity contribution in [1.82, 2.24) is 20.2 Å². The van der Waals surface area contributed by atoms with Gasteiger partial charge >= 0.3 is 12.2 Å². The van der Waals surface area contributed by atoms with Gasteiger partial charge in [-0.1, -0.05) is 51.6 Å². The van der Waals surface area contributed by atoms with Crippen molar-refractivity contribution in [3.63, 3.8) is 0 Å². The fraction of sp³-hybridized carbons (Fsp3) is 0.500. The topological polar surface area (TPSA) is 129 Å². The van der Waals surface area contributed by atoms with Gasteiger partial charge < -0.3 is 9.69 Å². The highest BCUT2D eigenvalue weighted by atomic mass is 32.2. The second-order valence-corrected chi connectivity index (χ2v) is 13.9. The molecule has 3 N–H and O–H groups in total. The number of anilines is 1. The number of nitrogens with zero attached hydrogens (tertiary/aromatic N) is 4. The monoisotopic (exact) mass is 666 g/mol. The Balaban J connectivity index is 1.71. The summed E-state index contributed by atoms with van der Waals surface area (Å²) in [5, 5.41) is 1.26. The molecule has 0 bridgehead atoms. The fourth-order valence-corrected chi connectivity index (χ4v) is 7.34. The molecule has 2 aliphatic rings. The Bertz CT molecular complexity index is 1460. The van der Waals surface area contributed by atoms with Gasteiger partial charge in [-0.15, -0.1) is 11.3 Å². The normalized spacial score (nSPS) is 17.6. The van der Waals surface area contributed by atoms with E-state index >= 15 is 0 Å². The van der Waals surface area contributed by atoms with Gasteiger partial charge in [-0.2, -0.15) is 13.2 Å². The van der Waals surface area contributed by atoms with Crippen LogP contribution in [-0.2, 0) is 15.8 Å². The van der Waals surface area contributed by atoms with Crippen LogP contribution in [0.15, 0.2) is 40.2 Å². The molecule has 45 heavy (non-hydrogen) atoms. The molecule has 2 aromatic rings. The van der Waals surface area contributed by atoms with Crippen molar-refractivity contribution in [1.29, 1.82) is 0 Å². The smallest absolute Gasteiger partial charge is 0.345 e. The first-order valence-corrected chi connectivity index (χ1v) is 16.3. The number of nitrogens with one attached hydrogen (secondary N) is 1. The van der Waals surface area contributed by atoms with E-state index in [9.17, 15) is 32.3 Å². The van der Waals surface area contributed by atoms with E-state index in [1.54, 1.807) is 5.38 Å². The quantitative estimate of drug-likeness (QED) is 0.0993. The van der Waals surface area contributed by atoms with Crippen molar-refractivity contribution >= 4 is 52.4 Å². The van der Waals surface area contributed by atoms with Crippen molar-refractivity contribution in [2.45, 2.75) is 77.5 Å². The molecule has 2 atom stereocenters. The van der Waals surface area contributed by atoms with Crippen LogP contribution in [0.1, 0.15) is 80.9 Å². The average molecular weight is 667 g/mol. The van der Waals surface area contributed by atoms with Crippen molar-refractivity contribution in [2.75, 3.05) is 11.4 Å². The molecule has 1 unspecified atom stereocenters. The zero-order chi connectivity index (χ0) is 33.2. The predicted molar refractivity (Wildman–Crippen MR) is 167 cm³/mol. The molecule has 244 valence electrons. The van der Waals surface area contributed by atoms with Crippen LogP contribution < -0.4 is 16.2 Å². The second-order valence-electron chi connectivity index (χ2n) is 11.9. The molecule has 1 aromatic carbocycles. The number of aldehydes is 1. The number of alkyl halides is 3. The first kappa shape index (κ1) is 34.4. The minimum absolute atomic E-state index is 0.0189. The lowest BCUT2D eigenvalue weighted by Crippen LogP contribution is -2.47. The van der Waals surface area contributed by atoms with Crippen LogP contribution in [0.3, 0.4) is 0 Å². The number of benzene rings is 1. The van der Waals surface area contributed by atoms with Crippen LogP contribution in [0.25, 0.3) is 0 Å². The molecule has 1 aliphatic carbocycles. The maximum Gasteiger partial charge on any atom is 0.416 e. The maximum atomic E-state index is 14.3. The van der Waals surface area contributed by atoms with Gasteiger partial charge in [0, 0.05) is 23.7 Å². The highest BCUT2D eigenvalue weighted by Crippen LogP contribution is 2.49. The number of thioether (sulfide) groups is 1.